The predicted octanol–water partition coefficient (Wildman–Crippen LogP) is 0.970. The number of hydrogen-bond acceptors (Lipinski definition) is 3. The largest absolute Gasteiger partial charge is 0.398 e. The van der Waals surface area contributed by atoms with Crippen LogP contribution in [-0.2, 0) is 4.79 Å². The van der Waals surface area contributed by atoms with Gasteiger partial charge in [0, 0.05) is 29.7 Å². The highest BCUT2D eigenvalue weighted by Crippen LogP contribution is 2.05. The number of allylic oxidation sites excluding steroid dienone is 1. The van der Waals surface area contributed by atoms with Crippen LogP contribution in [-0.4, -0.2) is 10.8 Å². The molecule has 0 aliphatic heterocycles. The van der Waals surface area contributed by atoms with Gasteiger partial charge in [-0.1, -0.05) is 0 Å². The fourth-order valence-corrected chi connectivity index (χ4v) is 0.847. The minimum Gasteiger partial charge on any atom is -0.398 e. The van der Waals surface area contributed by atoms with Crippen LogP contribution in [0.15, 0.2) is 30.6 Å². The van der Waals surface area contributed by atoms with Crippen LogP contribution in [0, 0.1) is 0 Å². The molecule has 3 heteroatoms. The van der Waals surface area contributed by atoms with Crippen molar-refractivity contribution in [1.82, 2.24) is 4.98 Å². The van der Waals surface area contributed by atoms with Crippen molar-refractivity contribution in [2.75, 3.05) is 0 Å². The van der Waals surface area contributed by atoms with Crippen molar-refractivity contribution in [3.05, 3.63) is 36.2 Å². The fraction of sp³-hybridized carbons (Fsp3) is 0.111. The third-order valence-corrected chi connectivity index (χ3v) is 1.37. The molecule has 0 amide bonds. The smallest absolute Gasteiger partial charge is 0.154 e. The number of pyridine rings is 1. The van der Waals surface area contributed by atoms with Crippen LogP contribution < -0.4 is 5.73 Å². The Morgan fingerprint density at radius 1 is 1.50 bits per heavy atom. The van der Waals surface area contributed by atoms with Gasteiger partial charge in [-0.15, -0.1) is 0 Å². The molecule has 0 spiro atoms. The number of hydrogen-bond donors (Lipinski definition) is 1. The average molecular weight is 162 g/mol. The van der Waals surface area contributed by atoms with Crippen LogP contribution >= 0.6 is 0 Å². The maximum absolute atomic E-state index is 10.7. The summed E-state index contributed by atoms with van der Waals surface area (Å²) in [5, 5.41) is 0. The Hall–Kier alpha value is -1.64. The Balaban J connectivity index is 2.93. The van der Waals surface area contributed by atoms with E-state index in [2.05, 4.69) is 4.98 Å². The van der Waals surface area contributed by atoms with E-state index in [9.17, 15) is 4.79 Å². The lowest BCUT2D eigenvalue weighted by atomic mass is 10.2. The van der Waals surface area contributed by atoms with Gasteiger partial charge in [0.1, 0.15) is 0 Å². The Labute approximate surface area is 70.9 Å². The minimum absolute atomic E-state index is 0.0516. The van der Waals surface area contributed by atoms with E-state index in [4.69, 9.17) is 5.73 Å². The summed E-state index contributed by atoms with van der Waals surface area (Å²) in [5.74, 6) is -0.0516. The summed E-state index contributed by atoms with van der Waals surface area (Å²) in [6, 6.07) is 3.52. The standard InChI is InChI=1S/C9H10N2O/c1-7(12)6-9(10)8-2-4-11-5-3-8/h2-6H,10H2,1H3/b9-6-. The summed E-state index contributed by atoms with van der Waals surface area (Å²) < 4.78 is 0. The molecule has 0 aliphatic carbocycles. The Bertz CT molecular complexity index is 304. The van der Waals surface area contributed by atoms with E-state index in [1.165, 1.54) is 13.0 Å². The van der Waals surface area contributed by atoms with Gasteiger partial charge in [0.05, 0.1) is 0 Å². The summed E-state index contributed by atoms with van der Waals surface area (Å²) in [6.07, 6.45) is 4.67. The van der Waals surface area contributed by atoms with Gasteiger partial charge in [-0.25, -0.2) is 0 Å². The molecule has 0 saturated heterocycles. The van der Waals surface area contributed by atoms with Crippen molar-refractivity contribution in [2.45, 2.75) is 6.92 Å². The lowest BCUT2D eigenvalue weighted by Gasteiger charge is -1.98. The zero-order valence-electron chi connectivity index (χ0n) is 6.82. The van der Waals surface area contributed by atoms with Gasteiger partial charge in [0.15, 0.2) is 5.78 Å². The molecule has 3 nitrogen and oxygen atoms in total. The predicted molar refractivity (Wildman–Crippen MR) is 47.1 cm³/mol. The highest BCUT2D eigenvalue weighted by molar-refractivity contribution is 5.94. The number of carbonyl (C=O) groups excluding carboxylic acids is 1. The molecule has 0 unspecified atom stereocenters. The number of nitrogens with two attached hydrogens (primary N) is 1. The van der Waals surface area contributed by atoms with Gasteiger partial charge in [0.25, 0.3) is 0 Å². The molecule has 2 N–H and O–H groups in total. The number of ketones is 1. The summed E-state index contributed by atoms with van der Waals surface area (Å²) in [5.41, 5.74) is 6.90. The van der Waals surface area contributed by atoms with E-state index in [0.717, 1.165) is 5.56 Å². The molecule has 0 aromatic carbocycles. The van der Waals surface area contributed by atoms with Crippen LogP contribution in [0.25, 0.3) is 5.70 Å². The van der Waals surface area contributed by atoms with Gasteiger partial charge in [0.2, 0.25) is 0 Å². The summed E-state index contributed by atoms with van der Waals surface area (Å²) in [4.78, 5) is 14.5. The van der Waals surface area contributed by atoms with Gasteiger partial charge in [-0.2, -0.15) is 0 Å². The van der Waals surface area contributed by atoms with Gasteiger partial charge in [-0.3, -0.25) is 9.78 Å². The quantitative estimate of drug-likeness (QED) is 0.659. The summed E-state index contributed by atoms with van der Waals surface area (Å²) >= 11 is 0. The molecule has 0 saturated carbocycles. The molecular formula is C9H10N2O. The van der Waals surface area contributed by atoms with Crippen molar-refractivity contribution in [3.63, 3.8) is 0 Å². The van der Waals surface area contributed by atoms with E-state index in [1.807, 2.05) is 0 Å². The van der Waals surface area contributed by atoms with E-state index in [-0.39, 0.29) is 5.78 Å². The second-order valence-corrected chi connectivity index (χ2v) is 2.45. The molecule has 1 rings (SSSR count). The van der Waals surface area contributed by atoms with Crippen molar-refractivity contribution in [2.24, 2.45) is 5.73 Å². The van der Waals surface area contributed by atoms with Crippen LogP contribution in [0.5, 0.6) is 0 Å². The van der Waals surface area contributed by atoms with Gasteiger partial charge >= 0.3 is 0 Å². The zero-order valence-corrected chi connectivity index (χ0v) is 6.82. The highest BCUT2D eigenvalue weighted by atomic mass is 16.1. The minimum atomic E-state index is -0.0516. The van der Waals surface area contributed by atoms with Crippen LogP contribution in [0.1, 0.15) is 12.5 Å². The Morgan fingerprint density at radius 2 is 2.08 bits per heavy atom. The third kappa shape index (κ3) is 2.20. The van der Waals surface area contributed by atoms with E-state index in [0.29, 0.717) is 5.70 Å². The highest BCUT2D eigenvalue weighted by Gasteiger charge is 1.95. The first-order chi connectivity index (χ1) is 5.70. The summed E-state index contributed by atoms with van der Waals surface area (Å²) in [6.45, 7) is 1.47. The molecule has 1 aromatic heterocycles. The molecule has 1 aromatic rings. The first-order valence-electron chi connectivity index (χ1n) is 3.58. The van der Waals surface area contributed by atoms with E-state index < -0.39 is 0 Å². The zero-order chi connectivity index (χ0) is 8.97. The maximum atomic E-state index is 10.7. The lowest BCUT2D eigenvalue weighted by Crippen LogP contribution is -1.98. The Morgan fingerprint density at radius 3 is 2.58 bits per heavy atom. The van der Waals surface area contributed by atoms with Crippen molar-refractivity contribution in [1.29, 1.82) is 0 Å². The number of rotatable bonds is 2. The molecule has 12 heavy (non-hydrogen) atoms. The number of carbonyl (C=O) groups is 1. The SMILES string of the molecule is CC(=O)/C=C(\N)c1ccncc1. The molecule has 62 valence electrons. The first kappa shape index (κ1) is 8.46. The van der Waals surface area contributed by atoms with Gasteiger partial charge < -0.3 is 5.73 Å². The van der Waals surface area contributed by atoms with Crippen LogP contribution in [0.4, 0.5) is 0 Å². The normalized spacial score (nSPS) is 11.2. The number of aromatic nitrogens is 1. The lowest BCUT2D eigenvalue weighted by molar-refractivity contribution is -0.112. The topological polar surface area (TPSA) is 56.0 Å². The summed E-state index contributed by atoms with van der Waals surface area (Å²) in [7, 11) is 0. The van der Waals surface area contributed by atoms with Crippen molar-refractivity contribution >= 4 is 11.5 Å². The molecule has 1 heterocycles. The van der Waals surface area contributed by atoms with Crippen LogP contribution in [0.3, 0.4) is 0 Å². The van der Waals surface area contributed by atoms with Crippen molar-refractivity contribution < 1.29 is 4.79 Å². The molecule has 0 atom stereocenters. The molecule has 0 aliphatic rings. The first-order valence-corrected chi connectivity index (χ1v) is 3.58. The molecule has 0 fully saturated rings. The monoisotopic (exact) mass is 162 g/mol. The van der Waals surface area contributed by atoms with Gasteiger partial charge in [-0.05, 0) is 19.1 Å². The van der Waals surface area contributed by atoms with Crippen LogP contribution in [0.2, 0.25) is 0 Å². The molecular weight excluding hydrogens is 152 g/mol. The maximum Gasteiger partial charge on any atom is 0.154 e. The third-order valence-electron chi connectivity index (χ3n) is 1.37. The fourth-order valence-electron chi connectivity index (χ4n) is 0.847. The Kier molecular flexibility index (Phi) is 2.58. The molecule has 0 radical (unpaired) electrons. The van der Waals surface area contributed by atoms with E-state index >= 15 is 0 Å². The van der Waals surface area contributed by atoms with E-state index in [1.54, 1.807) is 24.5 Å². The average Bonchev–Trinajstić information content (AvgIpc) is 2.05. The van der Waals surface area contributed by atoms with Crippen molar-refractivity contribution in [3.8, 4) is 0 Å². The number of nitrogens with zero attached hydrogens (tertiary/aromatic N) is 1. The molecule has 0 bridgehead atoms. The second-order valence-electron chi connectivity index (χ2n) is 2.45. The second kappa shape index (κ2) is 3.67.